The van der Waals surface area contributed by atoms with Crippen LogP contribution in [0.25, 0.3) is 0 Å². The summed E-state index contributed by atoms with van der Waals surface area (Å²) >= 11 is 0. The minimum Gasteiger partial charge on any atom is -0.462 e. The summed E-state index contributed by atoms with van der Waals surface area (Å²) in [6.45, 7) is 4.82. The Morgan fingerprint density at radius 1 is 1.36 bits per heavy atom. The van der Waals surface area contributed by atoms with Gasteiger partial charge < -0.3 is 15.8 Å². The van der Waals surface area contributed by atoms with Gasteiger partial charge in [-0.05, 0) is 55.7 Å². The summed E-state index contributed by atoms with van der Waals surface area (Å²) in [6, 6.07) is 8.14. The molecule has 0 unspecified atom stereocenters. The Balaban J connectivity index is 0.00000312. The van der Waals surface area contributed by atoms with E-state index in [1.807, 2.05) is 12.1 Å². The molecule has 1 aliphatic carbocycles. The first-order valence-corrected chi connectivity index (χ1v) is 8.91. The number of anilines is 1. The molecule has 1 fully saturated rings. The minimum atomic E-state index is -0.117. The number of aliphatic imine (C=N–C) groups is 1. The number of carbonyl (C=O) groups is 1. The van der Waals surface area contributed by atoms with Crippen molar-refractivity contribution in [2.45, 2.75) is 64.4 Å². The predicted molar refractivity (Wildman–Crippen MR) is 114 cm³/mol. The molecular formula is C19H30IN3O2. The number of benzene rings is 1. The maximum absolute atomic E-state index is 11.7. The van der Waals surface area contributed by atoms with Crippen LogP contribution < -0.4 is 11.1 Å². The molecule has 1 aromatic rings. The fourth-order valence-electron chi connectivity index (χ4n) is 2.84. The van der Waals surface area contributed by atoms with Crippen molar-refractivity contribution in [3.05, 3.63) is 29.8 Å². The third-order valence-electron chi connectivity index (χ3n) is 4.25. The Morgan fingerprint density at radius 3 is 2.76 bits per heavy atom. The molecule has 2 rings (SSSR count). The molecule has 1 aromatic carbocycles. The van der Waals surface area contributed by atoms with Crippen molar-refractivity contribution >= 4 is 41.6 Å². The van der Waals surface area contributed by atoms with E-state index in [0.29, 0.717) is 31.3 Å². The van der Waals surface area contributed by atoms with Crippen molar-refractivity contribution in [1.82, 2.24) is 0 Å². The number of rotatable bonds is 7. The predicted octanol–water partition coefficient (Wildman–Crippen LogP) is 4.42. The smallest absolute Gasteiger partial charge is 0.306 e. The molecule has 6 heteroatoms. The summed E-state index contributed by atoms with van der Waals surface area (Å²) in [5.41, 5.74) is 8.09. The van der Waals surface area contributed by atoms with Crippen molar-refractivity contribution in [3.63, 3.8) is 0 Å². The van der Waals surface area contributed by atoms with Crippen LogP contribution in [0.15, 0.2) is 29.3 Å². The second kappa shape index (κ2) is 11.3. The quantitative estimate of drug-likeness (QED) is 0.208. The van der Waals surface area contributed by atoms with Crippen LogP contribution in [0.5, 0.6) is 0 Å². The summed E-state index contributed by atoms with van der Waals surface area (Å²) < 4.78 is 5.42. The van der Waals surface area contributed by atoms with E-state index in [2.05, 4.69) is 36.3 Å². The van der Waals surface area contributed by atoms with Crippen molar-refractivity contribution in [2.75, 3.05) is 11.9 Å². The van der Waals surface area contributed by atoms with E-state index in [-0.39, 0.29) is 36.0 Å². The van der Waals surface area contributed by atoms with E-state index in [0.717, 1.165) is 18.5 Å². The summed E-state index contributed by atoms with van der Waals surface area (Å²) in [7, 11) is 0. The van der Waals surface area contributed by atoms with E-state index in [9.17, 15) is 4.79 Å². The molecule has 1 saturated carbocycles. The summed E-state index contributed by atoms with van der Waals surface area (Å²) in [6.07, 6.45) is 5.55. The normalized spacial score (nSPS) is 15.1. The molecular weight excluding hydrogens is 429 g/mol. The van der Waals surface area contributed by atoms with Gasteiger partial charge in [-0.25, -0.2) is 0 Å². The van der Waals surface area contributed by atoms with Gasteiger partial charge in [-0.15, -0.1) is 24.0 Å². The standard InChI is InChI=1S/C19H29N3O2.HI/c1-14(2)15-7-5-8-16(13-15)22-19(20)21-12-6-11-18(23)24-17-9-3-4-10-17;/h5,7-8,13-14,17H,3-4,6,9-12H2,1-2H3,(H3,20,21,22);1H. The lowest BCUT2D eigenvalue weighted by Crippen LogP contribution is -2.23. The number of nitrogens with two attached hydrogens (primary N) is 1. The van der Waals surface area contributed by atoms with Gasteiger partial charge in [0.05, 0.1) is 0 Å². The molecule has 0 atom stereocenters. The molecule has 0 aromatic heterocycles. The first-order chi connectivity index (χ1) is 11.5. The number of halogens is 1. The molecule has 0 aliphatic heterocycles. The molecule has 140 valence electrons. The maximum atomic E-state index is 11.7. The van der Waals surface area contributed by atoms with Crippen LogP contribution in [0, 0.1) is 0 Å². The van der Waals surface area contributed by atoms with Crippen LogP contribution in [-0.4, -0.2) is 24.6 Å². The Hall–Kier alpha value is -1.31. The lowest BCUT2D eigenvalue weighted by atomic mass is 10.0. The molecule has 0 radical (unpaired) electrons. The number of carbonyl (C=O) groups excluding carboxylic acids is 1. The van der Waals surface area contributed by atoms with Gasteiger partial charge in [0.15, 0.2) is 5.96 Å². The first kappa shape index (κ1) is 21.7. The van der Waals surface area contributed by atoms with Crippen molar-refractivity contribution < 1.29 is 9.53 Å². The highest BCUT2D eigenvalue weighted by Crippen LogP contribution is 2.21. The number of hydrogen-bond donors (Lipinski definition) is 2. The molecule has 0 bridgehead atoms. The highest BCUT2D eigenvalue weighted by atomic mass is 127. The monoisotopic (exact) mass is 459 g/mol. The Labute approximate surface area is 167 Å². The third kappa shape index (κ3) is 8.07. The molecule has 0 amide bonds. The van der Waals surface area contributed by atoms with Crippen molar-refractivity contribution in [2.24, 2.45) is 10.7 Å². The van der Waals surface area contributed by atoms with Gasteiger partial charge in [-0.2, -0.15) is 0 Å². The zero-order chi connectivity index (χ0) is 17.4. The number of nitrogens with one attached hydrogen (secondary N) is 1. The van der Waals surface area contributed by atoms with E-state index in [1.165, 1.54) is 18.4 Å². The van der Waals surface area contributed by atoms with E-state index in [1.54, 1.807) is 0 Å². The van der Waals surface area contributed by atoms with E-state index in [4.69, 9.17) is 10.5 Å². The lowest BCUT2D eigenvalue weighted by Gasteiger charge is -2.11. The van der Waals surface area contributed by atoms with Crippen LogP contribution in [0.1, 0.15) is 63.9 Å². The maximum Gasteiger partial charge on any atom is 0.306 e. The van der Waals surface area contributed by atoms with Crippen LogP contribution in [0.4, 0.5) is 5.69 Å². The number of ether oxygens (including phenoxy) is 1. The highest BCUT2D eigenvalue weighted by molar-refractivity contribution is 14.0. The SMILES string of the molecule is CC(C)c1cccc(NC(N)=NCCCC(=O)OC2CCCC2)c1.I. The highest BCUT2D eigenvalue weighted by Gasteiger charge is 2.18. The fourth-order valence-corrected chi connectivity index (χ4v) is 2.84. The second-order valence-corrected chi connectivity index (χ2v) is 6.67. The van der Waals surface area contributed by atoms with Crippen LogP contribution >= 0.6 is 24.0 Å². The minimum absolute atomic E-state index is 0. The number of nitrogens with zero attached hydrogens (tertiary/aromatic N) is 1. The van der Waals surface area contributed by atoms with Gasteiger partial charge in [-0.1, -0.05) is 26.0 Å². The van der Waals surface area contributed by atoms with Gasteiger partial charge >= 0.3 is 5.97 Å². The topological polar surface area (TPSA) is 76.7 Å². The van der Waals surface area contributed by atoms with Crippen LogP contribution in [-0.2, 0) is 9.53 Å². The van der Waals surface area contributed by atoms with Gasteiger partial charge in [-0.3, -0.25) is 9.79 Å². The molecule has 0 heterocycles. The molecule has 3 N–H and O–H groups in total. The molecule has 1 aliphatic rings. The van der Waals surface area contributed by atoms with Gasteiger partial charge in [0.2, 0.25) is 0 Å². The van der Waals surface area contributed by atoms with Gasteiger partial charge in [0.1, 0.15) is 6.10 Å². The average molecular weight is 459 g/mol. The van der Waals surface area contributed by atoms with Gasteiger partial charge in [0, 0.05) is 18.7 Å². The molecule has 0 spiro atoms. The van der Waals surface area contributed by atoms with Crippen molar-refractivity contribution in [1.29, 1.82) is 0 Å². The molecule has 5 nitrogen and oxygen atoms in total. The molecule has 25 heavy (non-hydrogen) atoms. The zero-order valence-electron chi connectivity index (χ0n) is 15.2. The zero-order valence-corrected chi connectivity index (χ0v) is 17.5. The third-order valence-corrected chi connectivity index (χ3v) is 4.25. The van der Waals surface area contributed by atoms with Gasteiger partial charge in [0.25, 0.3) is 0 Å². The first-order valence-electron chi connectivity index (χ1n) is 8.91. The second-order valence-electron chi connectivity index (χ2n) is 6.67. The van der Waals surface area contributed by atoms with E-state index < -0.39 is 0 Å². The van der Waals surface area contributed by atoms with E-state index >= 15 is 0 Å². The molecule has 0 saturated heterocycles. The average Bonchev–Trinajstić information content (AvgIpc) is 3.04. The summed E-state index contributed by atoms with van der Waals surface area (Å²) in [5, 5.41) is 3.10. The lowest BCUT2D eigenvalue weighted by molar-refractivity contribution is -0.148. The number of esters is 1. The number of hydrogen-bond acceptors (Lipinski definition) is 3. The van der Waals surface area contributed by atoms with Crippen LogP contribution in [0.2, 0.25) is 0 Å². The largest absolute Gasteiger partial charge is 0.462 e. The summed E-state index contributed by atoms with van der Waals surface area (Å²) in [5.74, 6) is 0.726. The Morgan fingerprint density at radius 2 is 2.08 bits per heavy atom. The van der Waals surface area contributed by atoms with Crippen LogP contribution in [0.3, 0.4) is 0 Å². The Kier molecular flexibility index (Phi) is 9.85. The fraction of sp³-hybridized carbons (Fsp3) is 0.579. The Bertz CT molecular complexity index is 570. The van der Waals surface area contributed by atoms with Crippen molar-refractivity contribution in [3.8, 4) is 0 Å². The number of guanidine groups is 1. The summed E-state index contributed by atoms with van der Waals surface area (Å²) in [4.78, 5) is 16.0.